The van der Waals surface area contributed by atoms with Crippen molar-refractivity contribution in [3.05, 3.63) is 35.7 Å². The van der Waals surface area contributed by atoms with Gasteiger partial charge in [0.15, 0.2) is 0 Å². The van der Waals surface area contributed by atoms with Crippen LogP contribution >= 0.6 is 0 Å². The molecule has 1 unspecified atom stereocenters. The average Bonchev–Trinajstić information content (AvgIpc) is 2.94. The van der Waals surface area contributed by atoms with E-state index in [4.69, 9.17) is 9.47 Å². The Kier molecular flexibility index (Phi) is 5.75. The molecule has 0 spiro atoms. The molecule has 1 amide bonds. The highest BCUT2D eigenvalue weighted by molar-refractivity contribution is 5.72. The van der Waals surface area contributed by atoms with Gasteiger partial charge in [0.1, 0.15) is 17.7 Å². The average molecular weight is 293 g/mol. The fourth-order valence-electron chi connectivity index (χ4n) is 2.08. The summed E-state index contributed by atoms with van der Waals surface area (Å²) in [6.45, 7) is 3.32. The van der Waals surface area contributed by atoms with E-state index in [9.17, 15) is 9.18 Å². The smallest absolute Gasteiger partial charge is 0.216 e. The Hall–Kier alpha value is -1.88. The highest BCUT2D eigenvalue weighted by Gasteiger charge is 2.18. The lowest BCUT2D eigenvalue weighted by atomic mass is 10.1. The van der Waals surface area contributed by atoms with Gasteiger partial charge in [-0.2, -0.15) is 0 Å². The first kappa shape index (κ1) is 15.5. The predicted octanol–water partition coefficient (Wildman–Crippen LogP) is 2.53. The number of benzene rings is 1. The molecule has 1 aliphatic rings. The van der Waals surface area contributed by atoms with Gasteiger partial charge in [0.2, 0.25) is 5.91 Å². The molecule has 0 saturated carbocycles. The van der Waals surface area contributed by atoms with Crippen molar-refractivity contribution in [2.24, 2.45) is 0 Å². The number of hydrogen-bond donors (Lipinski definition) is 1. The van der Waals surface area contributed by atoms with Gasteiger partial charge < -0.3 is 14.8 Å². The lowest BCUT2D eigenvalue weighted by Gasteiger charge is -2.14. The van der Waals surface area contributed by atoms with Crippen LogP contribution in [0.15, 0.2) is 24.3 Å². The zero-order chi connectivity index (χ0) is 15.1. The topological polar surface area (TPSA) is 47.6 Å². The molecule has 1 aromatic rings. The standard InChI is InChI=1S/C16H20FNO3/c1-12(19)18-8-3-2-4-13-10-14(17)5-6-16(13)21-15-7-9-20-11-15/h2,4-6,10,15H,3,7-9,11H2,1H3,(H,18,19). The number of hydrogen-bond acceptors (Lipinski definition) is 3. The monoisotopic (exact) mass is 293 g/mol. The highest BCUT2D eigenvalue weighted by Crippen LogP contribution is 2.24. The van der Waals surface area contributed by atoms with Gasteiger partial charge in [0, 0.05) is 25.5 Å². The summed E-state index contributed by atoms with van der Waals surface area (Å²) >= 11 is 0. The lowest BCUT2D eigenvalue weighted by molar-refractivity contribution is -0.118. The van der Waals surface area contributed by atoms with Gasteiger partial charge in [-0.15, -0.1) is 0 Å². The van der Waals surface area contributed by atoms with Crippen LogP contribution in [0.3, 0.4) is 0 Å². The Morgan fingerprint density at radius 1 is 1.57 bits per heavy atom. The SMILES string of the molecule is CC(=O)NCCC=Cc1cc(F)ccc1OC1CCOC1. The zero-order valence-electron chi connectivity index (χ0n) is 12.1. The van der Waals surface area contributed by atoms with E-state index in [2.05, 4.69) is 5.32 Å². The number of halogens is 1. The molecule has 2 rings (SSSR count). The normalized spacial score (nSPS) is 18.1. The Morgan fingerprint density at radius 3 is 3.14 bits per heavy atom. The Balaban J connectivity index is 1.97. The fourth-order valence-corrected chi connectivity index (χ4v) is 2.08. The third-order valence-electron chi connectivity index (χ3n) is 3.14. The quantitative estimate of drug-likeness (QED) is 0.820. The molecular weight excluding hydrogens is 273 g/mol. The van der Waals surface area contributed by atoms with Crippen molar-refractivity contribution in [3.63, 3.8) is 0 Å². The van der Waals surface area contributed by atoms with Gasteiger partial charge in [0.25, 0.3) is 0 Å². The van der Waals surface area contributed by atoms with Crippen LogP contribution in [0.2, 0.25) is 0 Å². The van der Waals surface area contributed by atoms with Crippen molar-refractivity contribution >= 4 is 12.0 Å². The number of nitrogens with one attached hydrogen (secondary N) is 1. The Bertz CT molecular complexity index is 510. The lowest BCUT2D eigenvalue weighted by Crippen LogP contribution is -2.20. The van der Waals surface area contributed by atoms with Gasteiger partial charge in [-0.25, -0.2) is 4.39 Å². The second-order valence-electron chi connectivity index (χ2n) is 4.96. The third kappa shape index (κ3) is 5.19. The van der Waals surface area contributed by atoms with E-state index in [1.807, 2.05) is 12.2 Å². The molecule has 1 aliphatic heterocycles. The number of rotatable bonds is 6. The summed E-state index contributed by atoms with van der Waals surface area (Å²) in [6, 6.07) is 4.47. The van der Waals surface area contributed by atoms with Crippen LogP contribution in [0, 0.1) is 5.82 Å². The molecule has 5 heteroatoms. The molecule has 1 fully saturated rings. The molecule has 114 valence electrons. The molecule has 1 heterocycles. The third-order valence-corrected chi connectivity index (χ3v) is 3.14. The largest absolute Gasteiger partial charge is 0.487 e. The van der Waals surface area contributed by atoms with E-state index in [-0.39, 0.29) is 17.8 Å². The molecule has 0 bridgehead atoms. The maximum atomic E-state index is 13.4. The van der Waals surface area contributed by atoms with Crippen molar-refractivity contribution in [1.29, 1.82) is 0 Å². The molecule has 1 saturated heterocycles. The van der Waals surface area contributed by atoms with Gasteiger partial charge in [0.05, 0.1) is 13.2 Å². The number of ether oxygens (including phenoxy) is 2. The van der Waals surface area contributed by atoms with Gasteiger partial charge in [-0.3, -0.25) is 4.79 Å². The molecule has 4 nitrogen and oxygen atoms in total. The first-order chi connectivity index (χ1) is 10.1. The van der Waals surface area contributed by atoms with E-state index in [0.29, 0.717) is 37.5 Å². The van der Waals surface area contributed by atoms with Crippen molar-refractivity contribution in [1.82, 2.24) is 5.32 Å². The van der Waals surface area contributed by atoms with Crippen LogP contribution in [0.25, 0.3) is 6.08 Å². The second kappa shape index (κ2) is 7.78. The summed E-state index contributed by atoms with van der Waals surface area (Å²) in [6.07, 6.45) is 5.27. The summed E-state index contributed by atoms with van der Waals surface area (Å²) in [5.74, 6) is 0.300. The minimum absolute atomic E-state index is 0.0296. The van der Waals surface area contributed by atoms with Crippen molar-refractivity contribution < 1.29 is 18.7 Å². The summed E-state index contributed by atoms with van der Waals surface area (Å²) in [5.41, 5.74) is 0.699. The summed E-state index contributed by atoms with van der Waals surface area (Å²) < 4.78 is 24.5. The van der Waals surface area contributed by atoms with Crippen LogP contribution in [-0.2, 0) is 9.53 Å². The van der Waals surface area contributed by atoms with E-state index < -0.39 is 0 Å². The van der Waals surface area contributed by atoms with Crippen molar-refractivity contribution in [2.75, 3.05) is 19.8 Å². The van der Waals surface area contributed by atoms with Crippen LogP contribution in [0.4, 0.5) is 4.39 Å². The fraction of sp³-hybridized carbons (Fsp3) is 0.438. The van der Waals surface area contributed by atoms with E-state index in [1.54, 1.807) is 6.07 Å². The van der Waals surface area contributed by atoms with Crippen LogP contribution in [0.1, 0.15) is 25.3 Å². The molecule has 0 aliphatic carbocycles. The van der Waals surface area contributed by atoms with E-state index in [0.717, 1.165) is 6.42 Å². The predicted molar refractivity (Wildman–Crippen MR) is 78.6 cm³/mol. The van der Waals surface area contributed by atoms with E-state index in [1.165, 1.54) is 19.1 Å². The minimum Gasteiger partial charge on any atom is -0.487 e. The molecule has 0 aromatic heterocycles. The molecular formula is C16H20FNO3. The zero-order valence-corrected chi connectivity index (χ0v) is 12.1. The first-order valence-corrected chi connectivity index (χ1v) is 7.10. The van der Waals surface area contributed by atoms with Crippen LogP contribution < -0.4 is 10.1 Å². The molecule has 1 aromatic carbocycles. The van der Waals surface area contributed by atoms with Gasteiger partial charge in [-0.05, 0) is 24.6 Å². The maximum Gasteiger partial charge on any atom is 0.216 e. The number of amides is 1. The Labute approximate surface area is 123 Å². The van der Waals surface area contributed by atoms with Crippen LogP contribution in [0.5, 0.6) is 5.75 Å². The second-order valence-corrected chi connectivity index (χ2v) is 4.96. The Morgan fingerprint density at radius 2 is 2.43 bits per heavy atom. The maximum absolute atomic E-state index is 13.4. The number of carbonyl (C=O) groups is 1. The molecule has 21 heavy (non-hydrogen) atoms. The first-order valence-electron chi connectivity index (χ1n) is 7.10. The molecule has 1 N–H and O–H groups in total. The number of carbonyl (C=O) groups excluding carboxylic acids is 1. The molecule has 1 atom stereocenters. The highest BCUT2D eigenvalue weighted by atomic mass is 19.1. The van der Waals surface area contributed by atoms with Gasteiger partial charge >= 0.3 is 0 Å². The van der Waals surface area contributed by atoms with Crippen LogP contribution in [-0.4, -0.2) is 31.8 Å². The van der Waals surface area contributed by atoms with Crippen molar-refractivity contribution in [3.8, 4) is 5.75 Å². The van der Waals surface area contributed by atoms with E-state index >= 15 is 0 Å². The minimum atomic E-state index is -0.300. The molecule has 0 radical (unpaired) electrons. The summed E-state index contributed by atoms with van der Waals surface area (Å²) in [5, 5.41) is 2.70. The van der Waals surface area contributed by atoms with Crippen molar-refractivity contribution in [2.45, 2.75) is 25.9 Å². The summed E-state index contributed by atoms with van der Waals surface area (Å²) in [4.78, 5) is 10.8. The summed E-state index contributed by atoms with van der Waals surface area (Å²) in [7, 11) is 0. The van der Waals surface area contributed by atoms with Gasteiger partial charge in [-0.1, -0.05) is 12.2 Å².